The molecule has 1 aromatic heterocycles. The maximum atomic E-state index is 12.3. The van der Waals surface area contributed by atoms with Crippen LogP contribution in [0.4, 0.5) is 5.69 Å². The Kier molecular flexibility index (Phi) is 5.63. The standard InChI is InChI=1S/C21H19N3O2S/c1-13-4-5-14(2)19(8-13)23-20(25)12-27-21-16(11-22)9-15-10-17(26-3)6-7-18(15)24-21/h4-10H,12H2,1-3H3,(H,23,25). The van der Waals surface area contributed by atoms with Crippen LogP contribution in [0.3, 0.4) is 0 Å². The van der Waals surface area contributed by atoms with Gasteiger partial charge in [0.2, 0.25) is 5.91 Å². The summed E-state index contributed by atoms with van der Waals surface area (Å²) >= 11 is 1.26. The van der Waals surface area contributed by atoms with E-state index in [1.54, 1.807) is 13.2 Å². The van der Waals surface area contributed by atoms with Gasteiger partial charge >= 0.3 is 0 Å². The lowest BCUT2D eigenvalue weighted by Crippen LogP contribution is -2.15. The highest BCUT2D eigenvalue weighted by Gasteiger charge is 2.12. The first-order valence-corrected chi connectivity index (χ1v) is 9.37. The Morgan fingerprint density at radius 3 is 2.78 bits per heavy atom. The quantitative estimate of drug-likeness (QED) is 0.664. The number of rotatable bonds is 5. The molecular weight excluding hydrogens is 358 g/mol. The Labute approximate surface area is 162 Å². The van der Waals surface area contributed by atoms with Gasteiger partial charge in [0.25, 0.3) is 0 Å². The molecule has 0 aliphatic carbocycles. The monoisotopic (exact) mass is 377 g/mol. The molecule has 0 fully saturated rings. The van der Waals surface area contributed by atoms with Crippen molar-refractivity contribution in [1.82, 2.24) is 4.98 Å². The summed E-state index contributed by atoms with van der Waals surface area (Å²) < 4.78 is 5.21. The fourth-order valence-electron chi connectivity index (χ4n) is 2.64. The van der Waals surface area contributed by atoms with Crippen molar-refractivity contribution in [2.45, 2.75) is 18.9 Å². The van der Waals surface area contributed by atoms with E-state index in [9.17, 15) is 10.1 Å². The number of nitrogens with one attached hydrogen (secondary N) is 1. The number of benzene rings is 2. The largest absolute Gasteiger partial charge is 0.497 e. The van der Waals surface area contributed by atoms with Crippen molar-refractivity contribution in [3.8, 4) is 11.8 Å². The number of nitriles is 1. The van der Waals surface area contributed by atoms with Crippen LogP contribution < -0.4 is 10.1 Å². The van der Waals surface area contributed by atoms with Crippen molar-refractivity contribution in [2.24, 2.45) is 0 Å². The average Bonchev–Trinajstić information content (AvgIpc) is 2.67. The second kappa shape index (κ2) is 8.11. The minimum atomic E-state index is -0.130. The molecule has 0 saturated heterocycles. The normalized spacial score (nSPS) is 10.4. The molecular formula is C21H19N3O2S. The molecule has 0 atom stereocenters. The zero-order chi connectivity index (χ0) is 19.4. The summed E-state index contributed by atoms with van der Waals surface area (Å²) in [7, 11) is 1.60. The fraction of sp³-hybridized carbons (Fsp3) is 0.190. The van der Waals surface area contributed by atoms with E-state index in [1.165, 1.54) is 11.8 Å². The van der Waals surface area contributed by atoms with Crippen molar-refractivity contribution < 1.29 is 9.53 Å². The zero-order valence-corrected chi connectivity index (χ0v) is 16.2. The van der Waals surface area contributed by atoms with Gasteiger partial charge in [-0.1, -0.05) is 23.9 Å². The number of carbonyl (C=O) groups excluding carboxylic acids is 1. The van der Waals surface area contributed by atoms with E-state index in [0.29, 0.717) is 16.3 Å². The van der Waals surface area contributed by atoms with Gasteiger partial charge in [-0.05, 0) is 55.3 Å². The highest BCUT2D eigenvalue weighted by Crippen LogP contribution is 2.27. The molecule has 1 amide bonds. The average molecular weight is 377 g/mol. The summed E-state index contributed by atoms with van der Waals surface area (Å²) in [6.07, 6.45) is 0. The number of aromatic nitrogens is 1. The summed E-state index contributed by atoms with van der Waals surface area (Å²) in [5, 5.41) is 13.7. The number of anilines is 1. The van der Waals surface area contributed by atoms with E-state index in [1.807, 2.05) is 50.2 Å². The van der Waals surface area contributed by atoms with Gasteiger partial charge in [0, 0.05) is 11.1 Å². The van der Waals surface area contributed by atoms with Crippen LogP contribution in [0.5, 0.6) is 5.75 Å². The number of ether oxygens (including phenoxy) is 1. The van der Waals surface area contributed by atoms with Crippen LogP contribution in [0.1, 0.15) is 16.7 Å². The van der Waals surface area contributed by atoms with Gasteiger partial charge in [-0.2, -0.15) is 5.26 Å². The molecule has 0 bridgehead atoms. The molecule has 6 heteroatoms. The highest BCUT2D eigenvalue weighted by molar-refractivity contribution is 8.00. The zero-order valence-electron chi connectivity index (χ0n) is 15.4. The molecule has 0 aliphatic rings. The molecule has 0 spiro atoms. The van der Waals surface area contributed by atoms with E-state index >= 15 is 0 Å². The summed E-state index contributed by atoms with van der Waals surface area (Å²) in [5.41, 5.74) is 4.10. The van der Waals surface area contributed by atoms with Crippen molar-refractivity contribution in [3.63, 3.8) is 0 Å². The van der Waals surface area contributed by atoms with Gasteiger partial charge in [-0.25, -0.2) is 4.98 Å². The van der Waals surface area contributed by atoms with E-state index < -0.39 is 0 Å². The van der Waals surface area contributed by atoms with Crippen molar-refractivity contribution in [1.29, 1.82) is 5.26 Å². The Morgan fingerprint density at radius 2 is 2.04 bits per heavy atom. The molecule has 3 rings (SSSR count). The van der Waals surface area contributed by atoms with Crippen molar-refractivity contribution >= 4 is 34.3 Å². The van der Waals surface area contributed by atoms with Crippen LogP contribution in [-0.2, 0) is 4.79 Å². The van der Waals surface area contributed by atoms with E-state index in [0.717, 1.165) is 27.7 Å². The summed E-state index contributed by atoms with van der Waals surface area (Å²) in [6, 6.07) is 15.4. The smallest absolute Gasteiger partial charge is 0.234 e. The van der Waals surface area contributed by atoms with Crippen LogP contribution in [0.2, 0.25) is 0 Å². The Morgan fingerprint density at radius 1 is 1.22 bits per heavy atom. The van der Waals surface area contributed by atoms with Crippen LogP contribution in [0, 0.1) is 25.2 Å². The lowest BCUT2D eigenvalue weighted by atomic mass is 10.1. The van der Waals surface area contributed by atoms with E-state index in [-0.39, 0.29) is 11.7 Å². The predicted octanol–water partition coefficient (Wildman–Crippen LogP) is 4.46. The molecule has 0 radical (unpaired) electrons. The topological polar surface area (TPSA) is 75.0 Å². The molecule has 27 heavy (non-hydrogen) atoms. The number of hydrogen-bond donors (Lipinski definition) is 1. The Balaban J connectivity index is 1.77. The first-order chi connectivity index (χ1) is 13.0. The molecule has 5 nitrogen and oxygen atoms in total. The molecule has 0 saturated carbocycles. The first-order valence-electron chi connectivity index (χ1n) is 8.39. The number of nitrogens with zero attached hydrogens (tertiary/aromatic N) is 2. The molecule has 2 aromatic carbocycles. The number of methoxy groups -OCH3 is 1. The van der Waals surface area contributed by atoms with Crippen LogP contribution in [-0.4, -0.2) is 23.8 Å². The molecule has 1 N–H and O–H groups in total. The maximum absolute atomic E-state index is 12.3. The van der Waals surface area contributed by atoms with Crippen LogP contribution in [0.25, 0.3) is 10.9 Å². The summed E-state index contributed by atoms with van der Waals surface area (Å²) in [4.78, 5) is 16.9. The van der Waals surface area contributed by atoms with Gasteiger partial charge in [-0.3, -0.25) is 4.79 Å². The first kappa shape index (κ1) is 18.7. The number of amides is 1. The van der Waals surface area contributed by atoms with Crippen molar-refractivity contribution in [2.75, 3.05) is 18.2 Å². The molecule has 1 heterocycles. The minimum Gasteiger partial charge on any atom is -0.497 e. The summed E-state index contributed by atoms with van der Waals surface area (Å²) in [6.45, 7) is 3.94. The number of thioether (sulfide) groups is 1. The molecule has 136 valence electrons. The highest BCUT2D eigenvalue weighted by atomic mass is 32.2. The summed E-state index contributed by atoms with van der Waals surface area (Å²) in [5.74, 6) is 0.757. The van der Waals surface area contributed by atoms with Gasteiger partial charge in [0.05, 0.1) is 23.9 Å². The minimum absolute atomic E-state index is 0.130. The third-order valence-electron chi connectivity index (χ3n) is 4.11. The lowest BCUT2D eigenvalue weighted by molar-refractivity contribution is -0.113. The van der Waals surface area contributed by atoms with E-state index in [2.05, 4.69) is 16.4 Å². The number of carbonyl (C=O) groups is 1. The third-order valence-corrected chi connectivity index (χ3v) is 5.11. The number of pyridine rings is 1. The van der Waals surface area contributed by atoms with Gasteiger partial charge in [0.1, 0.15) is 16.8 Å². The second-order valence-electron chi connectivity index (χ2n) is 6.17. The maximum Gasteiger partial charge on any atom is 0.234 e. The predicted molar refractivity (Wildman–Crippen MR) is 108 cm³/mol. The van der Waals surface area contributed by atoms with Gasteiger partial charge in [0.15, 0.2) is 0 Å². The van der Waals surface area contributed by atoms with Gasteiger partial charge in [-0.15, -0.1) is 0 Å². The van der Waals surface area contributed by atoms with Crippen molar-refractivity contribution in [3.05, 3.63) is 59.2 Å². The van der Waals surface area contributed by atoms with Crippen LogP contribution >= 0.6 is 11.8 Å². The van der Waals surface area contributed by atoms with Crippen LogP contribution in [0.15, 0.2) is 47.5 Å². The number of aryl methyl sites for hydroxylation is 2. The Hall–Kier alpha value is -3.04. The Bertz CT molecular complexity index is 1060. The molecule has 3 aromatic rings. The molecule has 0 aliphatic heterocycles. The van der Waals surface area contributed by atoms with Gasteiger partial charge < -0.3 is 10.1 Å². The number of fused-ring (bicyclic) bond motifs is 1. The second-order valence-corrected chi connectivity index (χ2v) is 7.13. The SMILES string of the molecule is COc1ccc2nc(SCC(=O)Nc3cc(C)ccc3C)c(C#N)cc2c1. The molecule has 0 unspecified atom stereocenters. The lowest BCUT2D eigenvalue weighted by Gasteiger charge is -2.10. The third kappa shape index (κ3) is 4.39. The fourth-order valence-corrected chi connectivity index (χ4v) is 3.41. The number of hydrogen-bond acceptors (Lipinski definition) is 5. The van der Waals surface area contributed by atoms with E-state index in [4.69, 9.17) is 4.74 Å².